The molecule has 5 heterocycles. The lowest BCUT2D eigenvalue weighted by Gasteiger charge is -2.10. The smallest absolute Gasteiger partial charge is 0.164 e. The molecule has 7 heteroatoms. The molecule has 0 fully saturated rings. The summed E-state index contributed by atoms with van der Waals surface area (Å²) in [5.74, 6) is 1.72. The van der Waals surface area contributed by atoms with Gasteiger partial charge in [0.15, 0.2) is 17.5 Å². The second-order valence-electron chi connectivity index (χ2n) is 17.9. The first-order chi connectivity index (χ1) is 34.7. The third-order valence-corrected chi connectivity index (χ3v) is 15.0. The predicted octanol–water partition coefficient (Wildman–Crippen LogP) is 17.5. The molecule has 0 bridgehead atoms. The Hall–Kier alpha value is -9.17. The largest absolute Gasteiger partial charge is 0.456 e. The molecule has 10 aromatic carbocycles. The quantitative estimate of drug-likeness (QED) is 0.166. The summed E-state index contributed by atoms with van der Waals surface area (Å²) in [6, 6.07) is 76.9. The third-order valence-electron chi connectivity index (χ3n) is 13.9. The van der Waals surface area contributed by atoms with Crippen LogP contribution in [0.3, 0.4) is 0 Å². The van der Waals surface area contributed by atoms with E-state index in [1.165, 1.54) is 53.1 Å². The first kappa shape index (κ1) is 38.9. The third kappa shape index (κ3) is 5.95. The van der Waals surface area contributed by atoms with E-state index in [1.54, 1.807) is 0 Å². The Balaban J connectivity index is 0.885. The number of hydrogen-bond donors (Lipinski definition) is 0. The fraction of sp³-hybridized carbons (Fsp3) is 0. The van der Waals surface area contributed by atoms with Gasteiger partial charge in [-0.25, -0.2) is 15.0 Å². The molecule has 0 saturated carbocycles. The van der Waals surface area contributed by atoms with Gasteiger partial charge in [0.25, 0.3) is 0 Å². The summed E-state index contributed by atoms with van der Waals surface area (Å²) in [6.45, 7) is 0. The molecule has 0 N–H and O–H groups in total. The van der Waals surface area contributed by atoms with Crippen molar-refractivity contribution in [3.63, 3.8) is 0 Å². The molecule has 0 aliphatic rings. The molecule has 0 saturated heterocycles. The van der Waals surface area contributed by atoms with E-state index in [4.69, 9.17) is 23.8 Å². The van der Waals surface area contributed by atoms with Crippen LogP contribution in [0.4, 0.5) is 0 Å². The number of furan rings is 2. The molecule has 0 radical (unpaired) electrons. The van der Waals surface area contributed by atoms with Crippen LogP contribution in [0.15, 0.2) is 227 Å². The number of nitrogens with zero attached hydrogens (tertiary/aromatic N) is 4. The number of para-hydroxylation sites is 3. The highest BCUT2D eigenvalue weighted by atomic mass is 32.1. The second kappa shape index (κ2) is 15.2. The van der Waals surface area contributed by atoms with Crippen molar-refractivity contribution < 1.29 is 8.83 Å². The molecule has 0 spiro atoms. The van der Waals surface area contributed by atoms with Gasteiger partial charge in [-0.05, 0) is 101 Å². The number of fused-ring (bicyclic) bond motifs is 12. The topological polar surface area (TPSA) is 69.9 Å². The van der Waals surface area contributed by atoms with Crippen molar-refractivity contribution >= 4 is 97.2 Å². The monoisotopic (exact) mass is 912 g/mol. The van der Waals surface area contributed by atoms with Crippen molar-refractivity contribution in [2.45, 2.75) is 0 Å². The van der Waals surface area contributed by atoms with Gasteiger partial charge in [0.2, 0.25) is 0 Å². The molecular weight excluding hydrogens is 877 g/mol. The van der Waals surface area contributed by atoms with Gasteiger partial charge < -0.3 is 13.4 Å². The minimum Gasteiger partial charge on any atom is -0.456 e. The average Bonchev–Trinajstić information content (AvgIpc) is 4.19. The summed E-state index contributed by atoms with van der Waals surface area (Å²) >= 11 is 1.84. The molecule has 15 aromatic rings. The molecule has 0 atom stereocenters. The van der Waals surface area contributed by atoms with E-state index < -0.39 is 0 Å². The highest BCUT2D eigenvalue weighted by Crippen LogP contribution is 2.45. The Morgan fingerprint density at radius 1 is 0.314 bits per heavy atom. The minimum absolute atomic E-state index is 0.564. The molecule has 6 nitrogen and oxygen atoms in total. The summed E-state index contributed by atoms with van der Waals surface area (Å²) < 4.78 is 17.8. The Morgan fingerprint density at radius 3 is 1.66 bits per heavy atom. The number of aromatic nitrogens is 4. The van der Waals surface area contributed by atoms with Crippen molar-refractivity contribution in [2.75, 3.05) is 0 Å². The fourth-order valence-electron chi connectivity index (χ4n) is 10.7. The SMILES string of the molecule is c1ccc(-c2nc(-c3cccc4oc5ccccc5c34)nc(-c3cccc4oc5ccc(-c6ccc7sc8cccc(-c9ccc%10c(c9)c9ccccc9n%10-c9ccccc9)c8c7c6)cc5c34)n2)cc1. The fourth-order valence-corrected chi connectivity index (χ4v) is 11.8. The van der Waals surface area contributed by atoms with E-state index in [0.717, 1.165) is 77.4 Å². The van der Waals surface area contributed by atoms with E-state index >= 15 is 0 Å². The zero-order valence-electron chi connectivity index (χ0n) is 37.3. The van der Waals surface area contributed by atoms with Crippen molar-refractivity contribution in [3.05, 3.63) is 218 Å². The average molecular weight is 913 g/mol. The molecule has 0 aliphatic heterocycles. The zero-order chi connectivity index (χ0) is 45.9. The Morgan fingerprint density at radius 2 is 0.871 bits per heavy atom. The highest BCUT2D eigenvalue weighted by molar-refractivity contribution is 7.26. The molecule has 5 aromatic heterocycles. The van der Waals surface area contributed by atoms with Crippen LogP contribution in [0.1, 0.15) is 0 Å². The van der Waals surface area contributed by atoms with Gasteiger partial charge >= 0.3 is 0 Å². The normalized spacial score (nSPS) is 12.0. The maximum atomic E-state index is 6.61. The highest BCUT2D eigenvalue weighted by Gasteiger charge is 2.22. The molecular formula is C63H36N4O2S. The van der Waals surface area contributed by atoms with Crippen LogP contribution in [0.2, 0.25) is 0 Å². The first-order valence-electron chi connectivity index (χ1n) is 23.4. The van der Waals surface area contributed by atoms with Crippen molar-refractivity contribution in [1.82, 2.24) is 19.5 Å². The lowest BCUT2D eigenvalue weighted by atomic mass is 9.96. The van der Waals surface area contributed by atoms with E-state index in [0.29, 0.717) is 17.5 Å². The summed E-state index contributed by atoms with van der Waals surface area (Å²) in [5, 5.41) is 8.93. The Bertz CT molecular complexity index is 4600. The van der Waals surface area contributed by atoms with Crippen molar-refractivity contribution in [1.29, 1.82) is 0 Å². The Kier molecular flexibility index (Phi) is 8.43. The van der Waals surface area contributed by atoms with Crippen LogP contribution in [0.25, 0.3) is 148 Å². The summed E-state index contributed by atoms with van der Waals surface area (Å²) in [6.07, 6.45) is 0. The van der Waals surface area contributed by atoms with Crippen LogP contribution >= 0.6 is 11.3 Å². The minimum atomic E-state index is 0.564. The van der Waals surface area contributed by atoms with Gasteiger partial charge in [-0.15, -0.1) is 11.3 Å². The number of benzene rings is 10. The summed E-state index contributed by atoms with van der Waals surface area (Å²) in [7, 11) is 0. The van der Waals surface area contributed by atoms with Crippen molar-refractivity contribution in [3.8, 4) is 62.1 Å². The zero-order valence-corrected chi connectivity index (χ0v) is 38.1. The van der Waals surface area contributed by atoms with E-state index in [2.05, 4.69) is 150 Å². The van der Waals surface area contributed by atoms with Crippen LogP contribution < -0.4 is 0 Å². The molecule has 15 rings (SSSR count). The van der Waals surface area contributed by atoms with Crippen LogP contribution in [-0.2, 0) is 0 Å². The number of hydrogen-bond acceptors (Lipinski definition) is 6. The maximum absolute atomic E-state index is 6.61. The second-order valence-corrected chi connectivity index (χ2v) is 18.9. The van der Waals surface area contributed by atoms with Crippen LogP contribution in [-0.4, -0.2) is 19.5 Å². The Labute approximate surface area is 404 Å². The number of rotatable bonds is 6. The van der Waals surface area contributed by atoms with E-state index in [9.17, 15) is 0 Å². The van der Waals surface area contributed by atoms with E-state index in [1.807, 2.05) is 84.1 Å². The van der Waals surface area contributed by atoms with Gasteiger partial charge in [0, 0.05) is 74.9 Å². The molecule has 326 valence electrons. The van der Waals surface area contributed by atoms with Gasteiger partial charge in [0.05, 0.1) is 11.0 Å². The summed E-state index contributed by atoms with van der Waals surface area (Å²) in [5.41, 5.74) is 14.0. The van der Waals surface area contributed by atoms with E-state index in [-0.39, 0.29) is 0 Å². The maximum Gasteiger partial charge on any atom is 0.164 e. The predicted molar refractivity (Wildman–Crippen MR) is 289 cm³/mol. The molecule has 70 heavy (non-hydrogen) atoms. The molecule has 0 aliphatic carbocycles. The summed E-state index contributed by atoms with van der Waals surface area (Å²) in [4.78, 5) is 15.6. The van der Waals surface area contributed by atoms with Crippen molar-refractivity contribution in [2.24, 2.45) is 0 Å². The molecule has 0 amide bonds. The van der Waals surface area contributed by atoms with Gasteiger partial charge in [-0.3, -0.25) is 0 Å². The lowest BCUT2D eigenvalue weighted by molar-refractivity contribution is 0.668. The van der Waals surface area contributed by atoms with Gasteiger partial charge in [-0.2, -0.15) is 0 Å². The lowest BCUT2D eigenvalue weighted by Crippen LogP contribution is -2.00. The van der Waals surface area contributed by atoms with Crippen LogP contribution in [0.5, 0.6) is 0 Å². The molecule has 0 unspecified atom stereocenters. The van der Waals surface area contributed by atoms with Crippen LogP contribution in [0, 0.1) is 0 Å². The standard InChI is InChI=1S/C63H36N4O2S/c1-3-14-37(15-4-1)61-64-62(45-21-11-25-54-58(45)44-19-8-10-24-52(44)68-54)66-63(65-61)46-22-12-26-55-59(46)48-34-38(29-32-53(48)69-55)39-30-33-56-49(35-39)60-42(20-13-27-57(60)70-56)40-28-31-51-47(36-40)43-18-7-9-23-50(43)67(51)41-16-5-2-6-17-41/h1-36H. The van der Waals surface area contributed by atoms with Gasteiger partial charge in [0.1, 0.15) is 22.3 Å². The van der Waals surface area contributed by atoms with Gasteiger partial charge in [-0.1, -0.05) is 140 Å². The first-order valence-corrected chi connectivity index (χ1v) is 24.2. The number of thiophene rings is 1.